The van der Waals surface area contributed by atoms with Crippen LogP contribution in [-0.4, -0.2) is 64.3 Å². The van der Waals surface area contributed by atoms with Crippen LogP contribution in [-0.2, 0) is 0 Å². The molecule has 7 nitrogen and oxygen atoms in total. The van der Waals surface area contributed by atoms with E-state index in [1.54, 1.807) is 0 Å². The fraction of sp³-hybridized carbons (Fsp3) is 0.765. The number of nitrogens with one attached hydrogen (secondary N) is 1. The number of aliphatic hydroxyl groups is 1. The number of rotatable bonds is 8. The molecular formula is C17H32N6O. The number of nitrogen functional groups attached to an aromatic ring is 1. The quantitative estimate of drug-likeness (QED) is 0.663. The summed E-state index contributed by atoms with van der Waals surface area (Å²) in [4.78, 5) is 13.2. The predicted octanol–water partition coefficient (Wildman–Crippen LogP) is 1.55. The van der Waals surface area contributed by atoms with Crippen LogP contribution in [0.5, 0.6) is 0 Å². The molecule has 0 bridgehead atoms. The first kappa shape index (κ1) is 18.7. The molecule has 1 unspecified atom stereocenters. The highest BCUT2D eigenvalue weighted by atomic mass is 16.3. The van der Waals surface area contributed by atoms with Crippen molar-refractivity contribution in [1.82, 2.24) is 14.9 Å². The molecule has 1 aliphatic heterocycles. The van der Waals surface area contributed by atoms with E-state index in [2.05, 4.69) is 52.8 Å². The molecule has 7 heteroatoms. The molecule has 0 aliphatic carbocycles. The molecule has 0 aromatic carbocycles. The highest BCUT2D eigenvalue weighted by molar-refractivity contribution is 5.53. The van der Waals surface area contributed by atoms with Crippen LogP contribution in [0, 0.1) is 0 Å². The Morgan fingerprint density at radius 3 is 2.67 bits per heavy atom. The molecule has 136 valence electrons. The second-order valence-corrected chi connectivity index (χ2v) is 6.99. The molecule has 0 saturated carbocycles. The summed E-state index contributed by atoms with van der Waals surface area (Å²) < 4.78 is 0. The number of nitrogens with zero attached hydrogens (tertiary/aromatic N) is 4. The number of anilines is 3. The van der Waals surface area contributed by atoms with Crippen molar-refractivity contribution in [2.75, 3.05) is 42.2 Å². The molecule has 1 aliphatic rings. The summed E-state index contributed by atoms with van der Waals surface area (Å²) in [6, 6.07) is 3.07. The molecule has 1 fully saturated rings. The largest absolute Gasteiger partial charge is 0.394 e. The van der Waals surface area contributed by atoms with E-state index in [-0.39, 0.29) is 18.6 Å². The Kier molecular flexibility index (Phi) is 6.62. The Labute approximate surface area is 145 Å². The van der Waals surface area contributed by atoms with Crippen molar-refractivity contribution in [3.8, 4) is 0 Å². The van der Waals surface area contributed by atoms with Crippen molar-refractivity contribution in [1.29, 1.82) is 0 Å². The summed E-state index contributed by atoms with van der Waals surface area (Å²) in [6.45, 7) is 11.6. The zero-order chi connectivity index (χ0) is 17.7. The normalized spacial score (nSPS) is 18.2. The van der Waals surface area contributed by atoms with Crippen molar-refractivity contribution < 1.29 is 5.11 Å². The summed E-state index contributed by atoms with van der Waals surface area (Å²) in [5, 5.41) is 12.9. The van der Waals surface area contributed by atoms with Gasteiger partial charge in [0.2, 0.25) is 5.95 Å². The lowest BCUT2D eigenvalue weighted by Crippen LogP contribution is -2.40. The number of aliphatic hydroxyl groups excluding tert-OH is 1. The molecule has 4 N–H and O–H groups in total. The first-order valence-electron chi connectivity index (χ1n) is 8.94. The van der Waals surface area contributed by atoms with Crippen LogP contribution >= 0.6 is 0 Å². The Balaban J connectivity index is 2.01. The maximum Gasteiger partial charge on any atom is 0.223 e. The van der Waals surface area contributed by atoms with Gasteiger partial charge in [-0.25, -0.2) is 0 Å². The van der Waals surface area contributed by atoms with Gasteiger partial charge in [0.1, 0.15) is 11.6 Å². The number of aromatic nitrogens is 2. The van der Waals surface area contributed by atoms with Crippen LogP contribution in [0.3, 0.4) is 0 Å². The lowest BCUT2D eigenvalue weighted by atomic mass is 10.2. The van der Waals surface area contributed by atoms with E-state index in [1.807, 2.05) is 6.07 Å². The van der Waals surface area contributed by atoms with Gasteiger partial charge >= 0.3 is 0 Å². The third-order valence-corrected chi connectivity index (χ3v) is 4.61. The van der Waals surface area contributed by atoms with Crippen LogP contribution < -0.4 is 16.0 Å². The average molecular weight is 336 g/mol. The summed E-state index contributed by atoms with van der Waals surface area (Å²) in [5.41, 5.74) is 5.88. The minimum atomic E-state index is 0.129. The number of hydrogen-bond acceptors (Lipinski definition) is 7. The molecule has 2 rings (SSSR count). The highest BCUT2D eigenvalue weighted by Crippen LogP contribution is 2.25. The summed E-state index contributed by atoms with van der Waals surface area (Å²) in [7, 11) is 0. The topological polar surface area (TPSA) is 90.5 Å². The van der Waals surface area contributed by atoms with Crippen LogP contribution in [0.2, 0.25) is 0 Å². The zero-order valence-corrected chi connectivity index (χ0v) is 15.4. The molecule has 2 heterocycles. The standard InChI is InChI=1S/C17H32N6O/c1-12(2)22(13(3)4)9-7-19-15-10-16(21-17(18)20-15)23-8-5-6-14(23)11-24/h10,12-14,24H,5-9,11H2,1-4H3,(H3,18,19,20,21). The van der Waals surface area contributed by atoms with Crippen molar-refractivity contribution in [2.45, 2.75) is 58.7 Å². The van der Waals surface area contributed by atoms with Gasteiger partial charge in [-0.3, -0.25) is 4.90 Å². The van der Waals surface area contributed by atoms with Gasteiger partial charge < -0.3 is 21.1 Å². The van der Waals surface area contributed by atoms with E-state index >= 15 is 0 Å². The first-order valence-corrected chi connectivity index (χ1v) is 8.94. The van der Waals surface area contributed by atoms with Crippen molar-refractivity contribution in [2.24, 2.45) is 0 Å². The van der Waals surface area contributed by atoms with Gasteiger partial charge in [-0.15, -0.1) is 0 Å². The van der Waals surface area contributed by atoms with E-state index in [0.29, 0.717) is 12.1 Å². The van der Waals surface area contributed by atoms with Crippen LogP contribution in [0.15, 0.2) is 6.07 Å². The van der Waals surface area contributed by atoms with E-state index in [0.717, 1.165) is 44.1 Å². The second-order valence-electron chi connectivity index (χ2n) is 6.99. The van der Waals surface area contributed by atoms with Gasteiger partial charge in [0.15, 0.2) is 0 Å². The van der Waals surface area contributed by atoms with E-state index in [9.17, 15) is 5.11 Å². The third-order valence-electron chi connectivity index (χ3n) is 4.61. The molecule has 1 atom stereocenters. The zero-order valence-electron chi connectivity index (χ0n) is 15.4. The smallest absolute Gasteiger partial charge is 0.223 e. The van der Waals surface area contributed by atoms with E-state index in [4.69, 9.17) is 5.73 Å². The second kappa shape index (κ2) is 8.48. The molecule has 1 aromatic heterocycles. The highest BCUT2D eigenvalue weighted by Gasteiger charge is 2.25. The van der Waals surface area contributed by atoms with Crippen molar-refractivity contribution >= 4 is 17.6 Å². The predicted molar refractivity (Wildman–Crippen MR) is 99.4 cm³/mol. The maximum absolute atomic E-state index is 9.51. The average Bonchev–Trinajstić information content (AvgIpc) is 2.98. The van der Waals surface area contributed by atoms with Crippen LogP contribution in [0.1, 0.15) is 40.5 Å². The van der Waals surface area contributed by atoms with Crippen molar-refractivity contribution in [3.05, 3.63) is 6.07 Å². The molecule has 0 radical (unpaired) electrons. The Morgan fingerprint density at radius 1 is 1.33 bits per heavy atom. The van der Waals surface area contributed by atoms with Gasteiger partial charge in [-0.1, -0.05) is 0 Å². The van der Waals surface area contributed by atoms with Gasteiger partial charge in [-0.05, 0) is 40.5 Å². The maximum atomic E-state index is 9.51. The van der Waals surface area contributed by atoms with Crippen molar-refractivity contribution in [3.63, 3.8) is 0 Å². The monoisotopic (exact) mass is 336 g/mol. The minimum absolute atomic E-state index is 0.129. The Morgan fingerprint density at radius 2 is 2.04 bits per heavy atom. The molecule has 24 heavy (non-hydrogen) atoms. The van der Waals surface area contributed by atoms with Gasteiger partial charge in [0, 0.05) is 37.8 Å². The minimum Gasteiger partial charge on any atom is -0.394 e. The number of nitrogens with two attached hydrogens (primary N) is 1. The fourth-order valence-corrected chi connectivity index (χ4v) is 3.44. The summed E-state index contributed by atoms with van der Waals surface area (Å²) in [6.07, 6.45) is 2.05. The van der Waals surface area contributed by atoms with E-state index < -0.39 is 0 Å². The van der Waals surface area contributed by atoms with Gasteiger partial charge in [0.25, 0.3) is 0 Å². The Hall–Kier alpha value is -1.60. The molecular weight excluding hydrogens is 304 g/mol. The summed E-state index contributed by atoms with van der Waals surface area (Å²) in [5.74, 6) is 1.81. The van der Waals surface area contributed by atoms with Gasteiger partial charge in [0.05, 0.1) is 12.6 Å². The number of hydrogen-bond donors (Lipinski definition) is 3. The molecule has 0 amide bonds. The Bertz CT molecular complexity index is 514. The molecule has 1 aromatic rings. The summed E-state index contributed by atoms with van der Waals surface area (Å²) >= 11 is 0. The van der Waals surface area contributed by atoms with Crippen LogP contribution in [0.4, 0.5) is 17.6 Å². The van der Waals surface area contributed by atoms with Gasteiger partial charge in [-0.2, -0.15) is 9.97 Å². The van der Waals surface area contributed by atoms with Crippen LogP contribution in [0.25, 0.3) is 0 Å². The fourth-order valence-electron chi connectivity index (χ4n) is 3.44. The lowest BCUT2D eigenvalue weighted by molar-refractivity contribution is 0.182. The van der Waals surface area contributed by atoms with E-state index in [1.165, 1.54) is 0 Å². The third kappa shape index (κ3) is 4.70. The molecule has 0 spiro atoms. The SMILES string of the molecule is CC(C)N(CCNc1cc(N2CCCC2CO)nc(N)n1)C(C)C. The lowest BCUT2D eigenvalue weighted by Gasteiger charge is -2.30. The molecule has 1 saturated heterocycles. The first-order chi connectivity index (χ1) is 11.4.